The summed E-state index contributed by atoms with van der Waals surface area (Å²) < 4.78 is 7.21. The number of nitrogens with zero attached hydrogens (tertiary/aromatic N) is 5. The Bertz CT molecular complexity index is 1190. The quantitative estimate of drug-likeness (QED) is 0.199. The van der Waals surface area contributed by atoms with Crippen molar-refractivity contribution < 1.29 is 9.53 Å². The van der Waals surface area contributed by atoms with Crippen LogP contribution in [-0.4, -0.2) is 50.3 Å². The van der Waals surface area contributed by atoms with Gasteiger partial charge in [0.05, 0.1) is 18.7 Å². The highest BCUT2D eigenvalue weighted by Crippen LogP contribution is 2.31. The summed E-state index contributed by atoms with van der Waals surface area (Å²) in [7, 11) is 1.60. The van der Waals surface area contributed by atoms with Gasteiger partial charge in [0.1, 0.15) is 5.75 Å². The minimum atomic E-state index is 0.183. The Morgan fingerprint density at radius 2 is 1.95 bits per heavy atom. The van der Waals surface area contributed by atoms with E-state index < -0.39 is 0 Å². The summed E-state index contributed by atoms with van der Waals surface area (Å²) in [5.74, 6) is 2.11. The van der Waals surface area contributed by atoms with Gasteiger partial charge in [-0.05, 0) is 49.6 Å². The first-order chi connectivity index (χ1) is 18.1. The van der Waals surface area contributed by atoms with E-state index >= 15 is 0 Å². The Balaban J connectivity index is 1.58. The number of halogens is 1. The summed E-state index contributed by atoms with van der Waals surface area (Å²) in [5.41, 5.74) is 1.73. The highest BCUT2D eigenvalue weighted by atomic mass is 35.5. The van der Waals surface area contributed by atoms with Gasteiger partial charge in [0.15, 0.2) is 11.6 Å². The van der Waals surface area contributed by atoms with Crippen molar-refractivity contribution in [2.75, 3.05) is 13.7 Å². The molecule has 1 aromatic carbocycles. The molecule has 0 radical (unpaired) electrons. The van der Waals surface area contributed by atoms with Gasteiger partial charge in [0.25, 0.3) is 0 Å². The van der Waals surface area contributed by atoms with Gasteiger partial charge in [-0.1, -0.05) is 56.4 Å². The van der Waals surface area contributed by atoms with Crippen LogP contribution in [0.5, 0.6) is 5.75 Å². The number of unbranched alkanes of at least 4 members (excludes halogenated alkanes) is 2. The molecule has 0 aliphatic heterocycles. The molecule has 3 aromatic rings. The van der Waals surface area contributed by atoms with E-state index in [4.69, 9.17) is 26.4 Å². The van der Waals surface area contributed by atoms with E-state index in [1.165, 1.54) is 12.8 Å². The van der Waals surface area contributed by atoms with Crippen LogP contribution in [0.1, 0.15) is 58.3 Å². The van der Waals surface area contributed by atoms with E-state index in [0.717, 1.165) is 43.2 Å². The SMILES string of the molecule is CCCC/C=C/CC(=O)N(CCn1nc(-c2ccncc2)nc1-c1ccc(OC)c(Cl)c1)C1CCCC1. The third kappa shape index (κ3) is 6.98. The first kappa shape index (κ1) is 26.9. The molecule has 2 aromatic heterocycles. The maximum Gasteiger partial charge on any atom is 0.226 e. The molecule has 1 amide bonds. The molecule has 0 spiro atoms. The lowest BCUT2D eigenvalue weighted by molar-refractivity contribution is -0.132. The summed E-state index contributed by atoms with van der Waals surface area (Å²) >= 11 is 6.44. The lowest BCUT2D eigenvalue weighted by Crippen LogP contribution is -2.40. The Kier molecular flexibility index (Phi) is 9.71. The van der Waals surface area contributed by atoms with Crippen molar-refractivity contribution >= 4 is 17.5 Å². The Morgan fingerprint density at radius 3 is 2.65 bits per heavy atom. The Labute approximate surface area is 224 Å². The van der Waals surface area contributed by atoms with Crippen LogP contribution in [0, 0.1) is 0 Å². The smallest absolute Gasteiger partial charge is 0.226 e. The van der Waals surface area contributed by atoms with Gasteiger partial charge < -0.3 is 9.64 Å². The average molecular weight is 522 g/mol. The summed E-state index contributed by atoms with van der Waals surface area (Å²) in [6.45, 7) is 3.31. The predicted molar refractivity (Wildman–Crippen MR) is 148 cm³/mol. The van der Waals surface area contributed by atoms with Crippen molar-refractivity contribution in [1.82, 2.24) is 24.6 Å². The van der Waals surface area contributed by atoms with Crippen LogP contribution >= 0.6 is 11.6 Å². The fourth-order valence-electron chi connectivity index (χ4n) is 4.81. The summed E-state index contributed by atoms with van der Waals surface area (Å²) in [6.07, 6.45) is 15.9. The number of benzene rings is 1. The third-order valence-corrected chi connectivity index (χ3v) is 7.14. The van der Waals surface area contributed by atoms with Gasteiger partial charge >= 0.3 is 0 Å². The number of carbonyl (C=O) groups is 1. The zero-order chi connectivity index (χ0) is 26.0. The fraction of sp³-hybridized carbons (Fsp3) is 0.448. The zero-order valence-electron chi connectivity index (χ0n) is 21.8. The topological polar surface area (TPSA) is 73.1 Å². The third-order valence-electron chi connectivity index (χ3n) is 6.84. The van der Waals surface area contributed by atoms with Crippen molar-refractivity contribution in [3.05, 3.63) is 59.9 Å². The summed E-state index contributed by atoms with van der Waals surface area (Å²) in [5, 5.41) is 5.35. The molecule has 1 saturated carbocycles. The number of rotatable bonds is 12. The maximum atomic E-state index is 13.3. The van der Waals surface area contributed by atoms with E-state index in [2.05, 4.69) is 22.9 Å². The van der Waals surface area contributed by atoms with Crippen molar-refractivity contribution in [1.29, 1.82) is 0 Å². The van der Waals surface area contributed by atoms with Gasteiger partial charge in [-0.25, -0.2) is 9.67 Å². The largest absolute Gasteiger partial charge is 0.495 e. The van der Waals surface area contributed by atoms with Crippen LogP contribution in [-0.2, 0) is 11.3 Å². The molecule has 2 heterocycles. The van der Waals surface area contributed by atoms with Crippen LogP contribution in [0.4, 0.5) is 0 Å². The molecule has 196 valence electrons. The number of methoxy groups -OCH3 is 1. The van der Waals surface area contributed by atoms with E-state index in [0.29, 0.717) is 48.0 Å². The molecule has 0 bridgehead atoms. The highest BCUT2D eigenvalue weighted by molar-refractivity contribution is 6.32. The number of carbonyl (C=O) groups excluding carboxylic acids is 1. The van der Waals surface area contributed by atoms with E-state index in [9.17, 15) is 4.79 Å². The van der Waals surface area contributed by atoms with Crippen LogP contribution in [0.15, 0.2) is 54.9 Å². The van der Waals surface area contributed by atoms with E-state index in [1.54, 1.807) is 19.5 Å². The lowest BCUT2D eigenvalue weighted by atomic mass is 10.1. The second-order valence-electron chi connectivity index (χ2n) is 9.41. The molecular weight excluding hydrogens is 486 g/mol. The van der Waals surface area contributed by atoms with E-state index in [1.807, 2.05) is 41.1 Å². The average Bonchev–Trinajstić information content (AvgIpc) is 3.60. The van der Waals surface area contributed by atoms with Crippen LogP contribution in [0.25, 0.3) is 22.8 Å². The van der Waals surface area contributed by atoms with Gasteiger partial charge in [-0.15, -0.1) is 0 Å². The van der Waals surface area contributed by atoms with Crippen molar-refractivity contribution in [3.8, 4) is 28.5 Å². The molecule has 1 aliphatic carbocycles. The Morgan fingerprint density at radius 1 is 1.16 bits per heavy atom. The normalized spacial score (nSPS) is 13.9. The van der Waals surface area contributed by atoms with Gasteiger partial charge in [0.2, 0.25) is 5.91 Å². The maximum absolute atomic E-state index is 13.3. The highest BCUT2D eigenvalue weighted by Gasteiger charge is 2.26. The van der Waals surface area contributed by atoms with Crippen LogP contribution in [0.2, 0.25) is 5.02 Å². The number of aromatic nitrogens is 4. The fourth-order valence-corrected chi connectivity index (χ4v) is 5.07. The van der Waals surface area contributed by atoms with Gasteiger partial charge in [-0.2, -0.15) is 5.10 Å². The number of ether oxygens (including phenoxy) is 1. The number of hydrogen-bond acceptors (Lipinski definition) is 5. The van der Waals surface area contributed by atoms with Crippen LogP contribution in [0.3, 0.4) is 0 Å². The van der Waals surface area contributed by atoms with Crippen LogP contribution < -0.4 is 4.74 Å². The molecule has 8 heteroatoms. The molecule has 0 saturated heterocycles. The number of hydrogen-bond donors (Lipinski definition) is 0. The van der Waals surface area contributed by atoms with Crippen molar-refractivity contribution in [3.63, 3.8) is 0 Å². The molecule has 0 unspecified atom stereocenters. The lowest BCUT2D eigenvalue weighted by Gasteiger charge is -2.29. The molecule has 0 N–H and O–H groups in total. The Hall–Kier alpha value is -3.19. The molecular formula is C29H36ClN5O2. The van der Waals surface area contributed by atoms with E-state index in [-0.39, 0.29) is 5.91 Å². The molecule has 1 fully saturated rings. The second-order valence-corrected chi connectivity index (χ2v) is 9.82. The number of amides is 1. The molecule has 4 rings (SSSR count). The number of pyridine rings is 1. The second kappa shape index (κ2) is 13.4. The minimum absolute atomic E-state index is 0.183. The zero-order valence-corrected chi connectivity index (χ0v) is 22.5. The first-order valence-corrected chi connectivity index (χ1v) is 13.6. The number of allylic oxidation sites excluding steroid dienone is 1. The molecule has 1 aliphatic rings. The predicted octanol–water partition coefficient (Wildman–Crippen LogP) is 6.58. The summed E-state index contributed by atoms with van der Waals surface area (Å²) in [4.78, 5) is 24.3. The van der Waals surface area contributed by atoms with Crippen molar-refractivity contribution in [2.24, 2.45) is 0 Å². The summed E-state index contributed by atoms with van der Waals surface area (Å²) in [6, 6.07) is 9.69. The minimum Gasteiger partial charge on any atom is -0.495 e. The van der Waals surface area contributed by atoms with Crippen molar-refractivity contribution in [2.45, 2.75) is 70.9 Å². The molecule has 37 heavy (non-hydrogen) atoms. The van der Waals surface area contributed by atoms with Gasteiger partial charge in [-0.3, -0.25) is 9.78 Å². The van der Waals surface area contributed by atoms with Gasteiger partial charge in [0, 0.05) is 42.5 Å². The first-order valence-electron chi connectivity index (χ1n) is 13.2. The standard InChI is InChI=1S/C29H36ClN5O2/c1-3-4-5-6-7-12-27(36)34(24-10-8-9-11-24)19-20-35-29(23-13-14-26(37-2)25(30)21-23)32-28(33-35)22-15-17-31-18-16-22/h6-7,13-18,21,24H,3-5,8-12,19-20H2,1-2H3/b7-6+. The molecule has 0 atom stereocenters. The molecule has 7 nitrogen and oxygen atoms in total. The monoisotopic (exact) mass is 521 g/mol.